The minimum atomic E-state index is 0.144. The van der Waals surface area contributed by atoms with Crippen LogP contribution in [-0.2, 0) is 4.74 Å². The number of nitrogens with zero attached hydrogens (tertiary/aromatic N) is 1. The largest absolute Gasteiger partial charge is 0.380 e. The third-order valence-electron chi connectivity index (χ3n) is 4.53. The van der Waals surface area contributed by atoms with Crippen LogP contribution < -0.4 is 10.6 Å². The lowest BCUT2D eigenvalue weighted by molar-refractivity contribution is -0.101. The lowest BCUT2D eigenvalue weighted by Crippen LogP contribution is -2.54. The molecule has 0 aliphatic carbocycles. The van der Waals surface area contributed by atoms with E-state index in [0.29, 0.717) is 6.54 Å². The maximum Gasteiger partial charge on any atom is 0.0574 e. The summed E-state index contributed by atoms with van der Waals surface area (Å²) in [7, 11) is 2.17. The van der Waals surface area contributed by atoms with Crippen molar-refractivity contribution in [3.8, 4) is 0 Å². The fraction of sp³-hybridized carbons (Fsp3) is 0.625. The van der Waals surface area contributed by atoms with E-state index in [9.17, 15) is 0 Å². The molecule has 0 atom stereocenters. The smallest absolute Gasteiger partial charge is 0.0574 e. The normalized spacial score (nSPS) is 17.2. The second-order valence-corrected chi connectivity index (χ2v) is 6.16. The summed E-state index contributed by atoms with van der Waals surface area (Å²) in [4.78, 5) is 2.36. The van der Waals surface area contributed by atoms with Crippen LogP contribution in [0.3, 0.4) is 0 Å². The van der Waals surface area contributed by atoms with Crippen LogP contribution in [0.15, 0.2) is 6.07 Å². The fourth-order valence-electron chi connectivity index (χ4n) is 3.02. The van der Waals surface area contributed by atoms with Crippen molar-refractivity contribution < 1.29 is 4.74 Å². The summed E-state index contributed by atoms with van der Waals surface area (Å²) in [6.45, 7) is 12.0. The van der Waals surface area contributed by atoms with Gasteiger partial charge in [0.2, 0.25) is 0 Å². The van der Waals surface area contributed by atoms with Gasteiger partial charge >= 0.3 is 0 Å². The van der Waals surface area contributed by atoms with Crippen LogP contribution in [0.4, 0.5) is 5.69 Å². The van der Waals surface area contributed by atoms with E-state index >= 15 is 0 Å². The van der Waals surface area contributed by atoms with E-state index in [2.05, 4.69) is 45.7 Å². The highest BCUT2D eigenvalue weighted by atomic mass is 16.5. The zero-order valence-electron chi connectivity index (χ0n) is 12.8. The first kappa shape index (κ1) is 14.4. The Balaban J connectivity index is 2.31. The third kappa shape index (κ3) is 2.49. The van der Waals surface area contributed by atoms with Gasteiger partial charge in [-0.15, -0.1) is 0 Å². The number of hydrogen-bond acceptors (Lipinski definition) is 3. The van der Waals surface area contributed by atoms with Crippen molar-refractivity contribution in [3.63, 3.8) is 0 Å². The number of ether oxygens (including phenoxy) is 1. The Kier molecular flexibility index (Phi) is 3.88. The summed E-state index contributed by atoms with van der Waals surface area (Å²) >= 11 is 0. The number of aryl methyl sites for hydroxylation is 2. The third-order valence-corrected chi connectivity index (χ3v) is 4.53. The van der Waals surface area contributed by atoms with Crippen LogP contribution in [-0.4, -0.2) is 33.4 Å². The molecule has 0 amide bonds. The summed E-state index contributed by atoms with van der Waals surface area (Å²) in [5.74, 6) is 0. The molecule has 3 nitrogen and oxygen atoms in total. The van der Waals surface area contributed by atoms with Crippen molar-refractivity contribution in [1.29, 1.82) is 0 Å². The summed E-state index contributed by atoms with van der Waals surface area (Å²) in [6, 6.07) is 2.27. The van der Waals surface area contributed by atoms with Gasteiger partial charge in [0.15, 0.2) is 0 Å². The molecule has 1 saturated heterocycles. The highest BCUT2D eigenvalue weighted by Gasteiger charge is 2.38. The predicted octanol–water partition coefficient (Wildman–Crippen LogP) is 2.33. The number of hydrogen-bond donors (Lipinski definition) is 1. The Bertz CT molecular complexity index is 446. The van der Waals surface area contributed by atoms with Gasteiger partial charge in [-0.2, -0.15) is 0 Å². The molecule has 106 valence electrons. The fourth-order valence-corrected chi connectivity index (χ4v) is 3.02. The van der Waals surface area contributed by atoms with Crippen LogP contribution in [0.1, 0.15) is 22.3 Å². The van der Waals surface area contributed by atoms with Gasteiger partial charge in [0, 0.05) is 31.2 Å². The molecule has 0 radical (unpaired) electrons. The van der Waals surface area contributed by atoms with Gasteiger partial charge in [-0.05, 0) is 49.9 Å². The summed E-state index contributed by atoms with van der Waals surface area (Å²) < 4.78 is 5.37. The van der Waals surface area contributed by atoms with E-state index in [1.54, 1.807) is 0 Å². The molecule has 1 fully saturated rings. The van der Waals surface area contributed by atoms with Gasteiger partial charge in [-0.3, -0.25) is 0 Å². The number of rotatable bonds is 4. The number of nitrogens with two attached hydrogens (primary N) is 1. The molecule has 1 aromatic carbocycles. The van der Waals surface area contributed by atoms with Crippen LogP contribution in [0.25, 0.3) is 0 Å². The Labute approximate surface area is 116 Å². The predicted molar refractivity (Wildman–Crippen MR) is 81.0 cm³/mol. The second kappa shape index (κ2) is 5.14. The molecular formula is C16H26N2O. The van der Waals surface area contributed by atoms with E-state index in [4.69, 9.17) is 10.5 Å². The molecule has 3 heteroatoms. The van der Waals surface area contributed by atoms with Gasteiger partial charge < -0.3 is 15.4 Å². The highest BCUT2D eigenvalue weighted by molar-refractivity contribution is 5.63. The maximum atomic E-state index is 5.92. The van der Waals surface area contributed by atoms with E-state index in [-0.39, 0.29) is 5.41 Å². The molecule has 19 heavy (non-hydrogen) atoms. The zero-order chi connectivity index (χ0) is 14.2. The van der Waals surface area contributed by atoms with Crippen LogP contribution in [0.2, 0.25) is 0 Å². The molecule has 0 unspecified atom stereocenters. The van der Waals surface area contributed by atoms with Crippen LogP contribution in [0.5, 0.6) is 0 Å². The van der Waals surface area contributed by atoms with Crippen molar-refractivity contribution in [2.45, 2.75) is 27.7 Å². The molecule has 1 aromatic rings. The van der Waals surface area contributed by atoms with E-state index in [0.717, 1.165) is 19.8 Å². The van der Waals surface area contributed by atoms with Gasteiger partial charge in [0.05, 0.1) is 13.2 Å². The van der Waals surface area contributed by atoms with E-state index in [1.165, 1.54) is 27.9 Å². The van der Waals surface area contributed by atoms with E-state index in [1.807, 2.05) is 0 Å². The molecule has 0 saturated carbocycles. The average molecular weight is 262 g/mol. The summed E-state index contributed by atoms with van der Waals surface area (Å²) in [6.07, 6.45) is 0. The van der Waals surface area contributed by atoms with Crippen molar-refractivity contribution in [2.75, 3.05) is 38.3 Å². The maximum absolute atomic E-state index is 5.92. The van der Waals surface area contributed by atoms with Gasteiger partial charge in [0.1, 0.15) is 0 Å². The van der Waals surface area contributed by atoms with Gasteiger partial charge in [-0.1, -0.05) is 6.07 Å². The Morgan fingerprint density at radius 1 is 1.16 bits per heavy atom. The standard InChI is InChI=1S/C16H26N2O/c1-11-6-12(2)14(4)15(13(11)3)18(5)8-16(7-17)9-19-10-16/h6H,7-10,17H2,1-5H3. The first-order chi connectivity index (χ1) is 8.90. The first-order valence-corrected chi connectivity index (χ1v) is 6.96. The monoisotopic (exact) mass is 262 g/mol. The zero-order valence-corrected chi connectivity index (χ0v) is 12.8. The average Bonchev–Trinajstić information content (AvgIpc) is 2.32. The molecule has 0 spiro atoms. The second-order valence-electron chi connectivity index (χ2n) is 6.16. The quantitative estimate of drug-likeness (QED) is 0.905. The lowest BCUT2D eigenvalue weighted by atomic mass is 9.85. The van der Waals surface area contributed by atoms with Crippen molar-refractivity contribution in [2.24, 2.45) is 11.1 Å². The lowest BCUT2D eigenvalue weighted by Gasteiger charge is -2.44. The Morgan fingerprint density at radius 3 is 2.05 bits per heavy atom. The van der Waals surface area contributed by atoms with Gasteiger partial charge in [-0.25, -0.2) is 0 Å². The molecule has 1 aliphatic rings. The van der Waals surface area contributed by atoms with Crippen molar-refractivity contribution in [3.05, 3.63) is 28.3 Å². The minimum absolute atomic E-state index is 0.144. The van der Waals surface area contributed by atoms with Crippen LogP contribution in [0, 0.1) is 33.1 Å². The number of anilines is 1. The molecule has 0 aromatic heterocycles. The van der Waals surface area contributed by atoms with Crippen molar-refractivity contribution in [1.82, 2.24) is 0 Å². The Hall–Kier alpha value is -1.06. The molecule has 1 aliphatic heterocycles. The van der Waals surface area contributed by atoms with Crippen molar-refractivity contribution >= 4 is 5.69 Å². The Morgan fingerprint density at radius 2 is 1.68 bits per heavy atom. The highest BCUT2D eigenvalue weighted by Crippen LogP contribution is 2.33. The molecule has 2 rings (SSSR count). The molecule has 2 N–H and O–H groups in total. The SMILES string of the molecule is Cc1cc(C)c(C)c(N(C)CC2(CN)COC2)c1C. The topological polar surface area (TPSA) is 38.5 Å². The molecule has 0 bridgehead atoms. The van der Waals surface area contributed by atoms with Gasteiger partial charge in [0.25, 0.3) is 0 Å². The number of benzene rings is 1. The van der Waals surface area contributed by atoms with E-state index < -0.39 is 0 Å². The summed E-state index contributed by atoms with van der Waals surface area (Å²) in [5, 5.41) is 0. The molecular weight excluding hydrogens is 236 g/mol. The first-order valence-electron chi connectivity index (χ1n) is 6.96. The summed E-state index contributed by atoms with van der Waals surface area (Å²) in [5.41, 5.74) is 12.9. The minimum Gasteiger partial charge on any atom is -0.380 e. The van der Waals surface area contributed by atoms with Crippen LogP contribution >= 0.6 is 0 Å². The molecule has 1 heterocycles.